The second-order valence-corrected chi connectivity index (χ2v) is 5.88. The van der Waals surface area contributed by atoms with Gasteiger partial charge >= 0.3 is 0 Å². The summed E-state index contributed by atoms with van der Waals surface area (Å²) in [5.41, 5.74) is 0.606. The highest BCUT2D eigenvalue weighted by Crippen LogP contribution is 2.25. The Balaban J connectivity index is 1.98. The minimum absolute atomic E-state index is 0.193. The van der Waals surface area contributed by atoms with E-state index in [1.807, 2.05) is 11.5 Å². The molecule has 2 aromatic rings. The average molecular weight is 346 g/mol. The summed E-state index contributed by atoms with van der Waals surface area (Å²) in [7, 11) is 0. The largest absolute Gasteiger partial charge is 0.309 e. The van der Waals surface area contributed by atoms with Gasteiger partial charge in [0, 0.05) is 6.54 Å². The molecule has 1 N–H and O–H groups in total. The minimum atomic E-state index is -0.221. The number of pyridine rings is 1. The van der Waals surface area contributed by atoms with Crippen LogP contribution in [0.3, 0.4) is 0 Å². The SMILES string of the molecule is CCn1cnnc1SCC(=O)Nc1nc(C)c(Cl)cc1Cl. The molecule has 0 radical (unpaired) electrons. The Hall–Kier alpha value is -1.31. The predicted molar refractivity (Wildman–Crippen MR) is 84.0 cm³/mol. The molecule has 21 heavy (non-hydrogen) atoms. The zero-order valence-electron chi connectivity index (χ0n) is 11.4. The number of carbonyl (C=O) groups is 1. The molecule has 0 aliphatic rings. The van der Waals surface area contributed by atoms with E-state index in [1.165, 1.54) is 11.8 Å². The molecule has 0 fully saturated rings. The van der Waals surface area contributed by atoms with E-state index < -0.39 is 0 Å². The van der Waals surface area contributed by atoms with Crippen molar-refractivity contribution in [1.82, 2.24) is 19.7 Å². The number of thioether (sulfide) groups is 1. The van der Waals surface area contributed by atoms with Crippen molar-refractivity contribution in [3.05, 3.63) is 28.1 Å². The Morgan fingerprint density at radius 1 is 1.43 bits per heavy atom. The van der Waals surface area contributed by atoms with Crippen molar-refractivity contribution in [2.45, 2.75) is 25.5 Å². The lowest BCUT2D eigenvalue weighted by atomic mass is 10.3. The first kappa shape index (κ1) is 16.1. The minimum Gasteiger partial charge on any atom is -0.309 e. The molecule has 0 saturated carbocycles. The molecule has 6 nitrogen and oxygen atoms in total. The highest BCUT2D eigenvalue weighted by Gasteiger charge is 2.12. The van der Waals surface area contributed by atoms with Gasteiger partial charge in [-0.3, -0.25) is 4.79 Å². The monoisotopic (exact) mass is 345 g/mol. The van der Waals surface area contributed by atoms with Gasteiger partial charge in [-0.05, 0) is 19.9 Å². The van der Waals surface area contributed by atoms with Gasteiger partial charge < -0.3 is 9.88 Å². The third kappa shape index (κ3) is 4.09. The van der Waals surface area contributed by atoms with Gasteiger partial charge in [-0.2, -0.15) is 0 Å². The molecule has 0 aliphatic heterocycles. The van der Waals surface area contributed by atoms with Gasteiger partial charge in [0.25, 0.3) is 0 Å². The second-order valence-electron chi connectivity index (χ2n) is 4.12. The van der Waals surface area contributed by atoms with E-state index in [4.69, 9.17) is 23.2 Å². The first-order chi connectivity index (χ1) is 10.0. The Kier molecular flexibility index (Phi) is 5.44. The molecule has 0 unspecified atom stereocenters. The van der Waals surface area contributed by atoms with Gasteiger partial charge in [0.05, 0.1) is 21.5 Å². The quantitative estimate of drug-likeness (QED) is 0.843. The van der Waals surface area contributed by atoms with Crippen LogP contribution in [-0.2, 0) is 11.3 Å². The normalized spacial score (nSPS) is 10.7. The summed E-state index contributed by atoms with van der Waals surface area (Å²) in [5, 5.41) is 11.9. The van der Waals surface area contributed by atoms with E-state index in [0.29, 0.717) is 26.7 Å². The summed E-state index contributed by atoms with van der Waals surface area (Å²) in [5.74, 6) is 0.279. The standard InChI is InChI=1S/C12H13Cl2N5OS/c1-3-19-6-15-18-12(19)21-5-10(20)17-11-9(14)4-8(13)7(2)16-11/h4,6H,3,5H2,1-2H3,(H,16,17,20). The van der Waals surface area contributed by atoms with Crippen LogP contribution in [0, 0.1) is 6.92 Å². The summed E-state index contributed by atoms with van der Waals surface area (Å²) in [6.45, 7) is 4.47. The fourth-order valence-electron chi connectivity index (χ4n) is 1.52. The summed E-state index contributed by atoms with van der Waals surface area (Å²) in [4.78, 5) is 16.1. The fraction of sp³-hybridized carbons (Fsp3) is 0.333. The van der Waals surface area contributed by atoms with Gasteiger partial charge in [-0.15, -0.1) is 10.2 Å². The molecule has 0 saturated heterocycles. The fourth-order valence-corrected chi connectivity index (χ4v) is 2.70. The molecule has 1 amide bonds. The van der Waals surface area contributed by atoms with Crippen LogP contribution in [0.5, 0.6) is 0 Å². The molecule has 2 heterocycles. The molecule has 0 atom stereocenters. The molecule has 0 bridgehead atoms. The predicted octanol–water partition coefficient (Wildman–Crippen LogP) is 3.04. The van der Waals surface area contributed by atoms with E-state index in [1.54, 1.807) is 19.3 Å². The van der Waals surface area contributed by atoms with Crippen molar-refractivity contribution >= 4 is 46.7 Å². The first-order valence-corrected chi connectivity index (χ1v) is 7.88. The van der Waals surface area contributed by atoms with Gasteiger partial charge in [0.2, 0.25) is 5.91 Å². The van der Waals surface area contributed by atoms with Gasteiger partial charge in [-0.25, -0.2) is 4.98 Å². The highest BCUT2D eigenvalue weighted by molar-refractivity contribution is 7.99. The van der Waals surface area contributed by atoms with E-state index in [-0.39, 0.29) is 11.7 Å². The van der Waals surface area contributed by atoms with Crippen LogP contribution in [0.25, 0.3) is 0 Å². The van der Waals surface area contributed by atoms with Gasteiger partial charge in [0.1, 0.15) is 6.33 Å². The number of carbonyl (C=O) groups excluding carboxylic acids is 1. The highest BCUT2D eigenvalue weighted by atomic mass is 35.5. The number of nitrogens with zero attached hydrogens (tertiary/aromatic N) is 4. The Labute approximate surface area is 136 Å². The van der Waals surface area contributed by atoms with E-state index in [2.05, 4.69) is 20.5 Å². The van der Waals surface area contributed by atoms with Crippen molar-refractivity contribution < 1.29 is 4.79 Å². The molecular formula is C12H13Cl2N5OS. The van der Waals surface area contributed by atoms with Crippen molar-refractivity contribution in [3.8, 4) is 0 Å². The summed E-state index contributed by atoms with van der Waals surface area (Å²) < 4.78 is 1.86. The number of halogens is 2. The Morgan fingerprint density at radius 3 is 2.90 bits per heavy atom. The third-order valence-corrected chi connectivity index (χ3v) is 4.27. The number of amides is 1. The molecule has 0 aromatic carbocycles. The topological polar surface area (TPSA) is 72.7 Å². The van der Waals surface area contributed by atoms with Crippen molar-refractivity contribution in [2.24, 2.45) is 0 Å². The van der Waals surface area contributed by atoms with Crippen LogP contribution < -0.4 is 5.32 Å². The van der Waals surface area contributed by atoms with Crippen LogP contribution in [0.1, 0.15) is 12.6 Å². The van der Waals surface area contributed by atoms with Gasteiger partial charge in [0.15, 0.2) is 11.0 Å². The van der Waals surface area contributed by atoms with Crippen LogP contribution in [0.4, 0.5) is 5.82 Å². The number of hydrogen-bond donors (Lipinski definition) is 1. The molecule has 9 heteroatoms. The third-order valence-electron chi connectivity index (χ3n) is 2.62. The molecular weight excluding hydrogens is 333 g/mol. The molecule has 112 valence electrons. The average Bonchev–Trinajstić information content (AvgIpc) is 2.90. The van der Waals surface area contributed by atoms with E-state index in [0.717, 1.165) is 6.54 Å². The van der Waals surface area contributed by atoms with Crippen LogP contribution in [-0.4, -0.2) is 31.4 Å². The zero-order valence-corrected chi connectivity index (χ0v) is 13.8. The summed E-state index contributed by atoms with van der Waals surface area (Å²) in [6, 6.07) is 1.56. The number of anilines is 1. The number of aryl methyl sites for hydroxylation is 2. The van der Waals surface area contributed by atoms with Crippen molar-refractivity contribution in [3.63, 3.8) is 0 Å². The lowest BCUT2D eigenvalue weighted by molar-refractivity contribution is -0.113. The lowest BCUT2D eigenvalue weighted by Gasteiger charge is -2.08. The molecule has 2 aromatic heterocycles. The van der Waals surface area contributed by atoms with Crippen LogP contribution in [0.15, 0.2) is 17.6 Å². The number of hydrogen-bond acceptors (Lipinski definition) is 5. The van der Waals surface area contributed by atoms with E-state index in [9.17, 15) is 4.79 Å². The number of nitrogens with one attached hydrogen (secondary N) is 1. The lowest BCUT2D eigenvalue weighted by Crippen LogP contribution is -2.16. The van der Waals surface area contributed by atoms with Crippen LogP contribution in [0.2, 0.25) is 10.0 Å². The molecule has 0 spiro atoms. The van der Waals surface area contributed by atoms with Crippen molar-refractivity contribution in [1.29, 1.82) is 0 Å². The maximum Gasteiger partial charge on any atom is 0.236 e. The Bertz CT molecular complexity index is 661. The summed E-state index contributed by atoms with van der Waals surface area (Å²) >= 11 is 13.2. The summed E-state index contributed by atoms with van der Waals surface area (Å²) in [6.07, 6.45) is 1.63. The molecule has 2 rings (SSSR count). The second kappa shape index (κ2) is 7.11. The number of aromatic nitrogens is 4. The van der Waals surface area contributed by atoms with E-state index >= 15 is 0 Å². The van der Waals surface area contributed by atoms with Crippen molar-refractivity contribution in [2.75, 3.05) is 11.1 Å². The molecule has 0 aliphatic carbocycles. The maximum atomic E-state index is 11.9. The Morgan fingerprint density at radius 2 is 2.19 bits per heavy atom. The maximum absolute atomic E-state index is 11.9. The smallest absolute Gasteiger partial charge is 0.236 e. The van der Waals surface area contributed by atoms with Gasteiger partial charge in [-0.1, -0.05) is 35.0 Å². The first-order valence-electron chi connectivity index (χ1n) is 6.14. The van der Waals surface area contributed by atoms with Crippen LogP contribution >= 0.6 is 35.0 Å². The number of rotatable bonds is 5. The zero-order chi connectivity index (χ0) is 15.4.